The molecule has 4 nitrogen and oxygen atoms in total. The van der Waals surface area contributed by atoms with Crippen molar-refractivity contribution >= 4 is 16.8 Å². The zero-order valence-corrected chi connectivity index (χ0v) is 18.3. The first kappa shape index (κ1) is 20.7. The van der Waals surface area contributed by atoms with Gasteiger partial charge in [-0.15, -0.1) is 0 Å². The lowest BCUT2D eigenvalue weighted by atomic mass is 9.95. The topological polar surface area (TPSA) is 45.3 Å². The number of rotatable bonds is 7. The van der Waals surface area contributed by atoms with E-state index in [-0.39, 0.29) is 11.9 Å². The summed E-state index contributed by atoms with van der Waals surface area (Å²) in [6, 6.07) is 23.9. The van der Waals surface area contributed by atoms with E-state index in [4.69, 9.17) is 4.74 Å². The fourth-order valence-electron chi connectivity index (χ4n) is 4.12. The Labute approximate surface area is 183 Å². The lowest BCUT2D eigenvalue weighted by Crippen LogP contribution is -2.35. The minimum absolute atomic E-state index is 0.0394. The van der Waals surface area contributed by atoms with Crippen molar-refractivity contribution in [2.24, 2.45) is 0 Å². The molecular weight excluding hydrogens is 384 g/mol. The highest BCUT2D eigenvalue weighted by molar-refractivity contribution is 5.98. The van der Waals surface area contributed by atoms with Crippen LogP contribution in [0.4, 0.5) is 0 Å². The van der Waals surface area contributed by atoms with E-state index in [1.54, 1.807) is 0 Å². The highest BCUT2D eigenvalue weighted by atomic mass is 16.5. The number of carbonyl (C=O) groups is 1. The Morgan fingerprint density at radius 2 is 1.68 bits per heavy atom. The molecule has 1 N–H and O–H groups in total. The third kappa shape index (κ3) is 4.06. The summed E-state index contributed by atoms with van der Waals surface area (Å²) in [4.78, 5) is 19.1. The molecule has 4 aromatic rings. The van der Waals surface area contributed by atoms with Crippen molar-refractivity contribution < 1.29 is 9.53 Å². The predicted octanol–water partition coefficient (Wildman–Crippen LogP) is 6.13. The number of benzene rings is 3. The highest BCUT2D eigenvalue weighted by Gasteiger charge is 2.29. The Balaban J connectivity index is 1.86. The largest absolute Gasteiger partial charge is 0.493 e. The van der Waals surface area contributed by atoms with Crippen molar-refractivity contribution in [2.45, 2.75) is 26.8 Å². The highest BCUT2D eigenvalue weighted by Crippen LogP contribution is 2.35. The van der Waals surface area contributed by atoms with E-state index in [0.29, 0.717) is 24.5 Å². The average molecular weight is 413 g/mol. The maximum atomic E-state index is 13.8. The van der Waals surface area contributed by atoms with Crippen LogP contribution in [0.1, 0.15) is 46.9 Å². The molecule has 0 spiro atoms. The smallest absolute Gasteiger partial charge is 0.258 e. The zero-order valence-electron chi connectivity index (χ0n) is 18.3. The van der Waals surface area contributed by atoms with Gasteiger partial charge in [-0.3, -0.25) is 4.79 Å². The Kier molecular flexibility index (Phi) is 6.08. The molecule has 4 heteroatoms. The van der Waals surface area contributed by atoms with Gasteiger partial charge >= 0.3 is 0 Å². The lowest BCUT2D eigenvalue weighted by Gasteiger charge is -2.32. The number of carbonyl (C=O) groups excluding carboxylic acids is 1. The van der Waals surface area contributed by atoms with E-state index in [2.05, 4.69) is 48.3 Å². The number of amides is 1. The van der Waals surface area contributed by atoms with Gasteiger partial charge in [-0.25, -0.2) is 0 Å². The van der Waals surface area contributed by atoms with Gasteiger partial charge in [0.05, 0.1) is 18.2 Å². The molecule has 0 bridgehead atoms. The Bertz CT molecular complexity index is 1180. The number of H-pyrrole nitrogens is 1. The molecule has 0 aliphatic rings. The van der Waals surface area contributed by atoms with Crippen molar-refractivity contribution in [1.82, 2.24) is 9.88 Å². The summed E-state index contributed by atoms with van der Waals surface area (Å²) in [5.41, 5.74) is 5.01. The van der Waals surface area contributed by atoms with Gasteiger partial charge < -0.3 is 14.6 Å². The third-order valence-electron chi connectivity index (χ3n) is 5.64. The first-order valence-corrected chi connectivity index (χ1v) is 10.8. The van der Waals surface area contributed by atoms with E-state index in [1.165, 1.54) is 5.56 Å². The zero-order chi connectivity index (χ0) is 21.8. The number of ether oxygens (including phenoxy) is 1. The fourth-order valence-corrected chi connectivity index (χ4v) is 4.12. The van der Waals surface area contributed by atoms with Crippen LogP contribution in [0.3, 0.4) is 0 Å². The van der Waals surface area contributed by atoms with E-state index in [0.717, 1.165) is 22.0 Å². The van der Waals surface area contributed by atoms with Gasteiger partial charge in [0, 0.05) is 29.2 Å². The molecule has 0 radical (unpaired) electrons. The normalized spacial score (nSPS) is 12.0. The molecule has 31 heavy (non-hydrogen) atoms. The van der Waals surface area contributed by atoms with Gasteiger partial charge in [-0.1, -0.05) is 60.2 Å². The first-order chi connectivity index (χ1) is 15.1. The lowest BCUT2D eigenvalue weighted by molar-refractivity contribution is 0.0714. The molecule has 0 saturated carbocycles. The average Bonchev–Trinajstić information content (AvgIpc) is 3.22. The molecule has 1 aromatic heterocycles. The third-order valence-corrected chi connectivity index (χ3v) is 5.64. The van der Waals surface area contributed by atoms with Gasteiger partial charge in [-0.05, 0) is 44.5 Å². The van der Waals surface area contributed by atoms with Crippen LogP contribution in [-0.4, -0.2) is 28.9 Å². The van der Waals surface area contributed by atoms with Gasteiger partial charge in [0.25, 0.3) is 5.91 Å². The van der Waals surface area contributed by atoms with E-state index < -0.39 is 0 Å². The van der Waals surface area contributed by atoms with Crippen molar-refractivity contribution in [1.29, 1.82) is 0 Å². The molecule has 1 atom stereocenters. The number of aromatic amines is 1. The number of aromatic nitrogens is 1. The molecule has 0 aliphatic carbocycles. The molecule has 0 aliphatic heterocycles. The molecule has 158 valence electrons. The second-order valence-electron chi connectivity index (χ2n) is 7.62. The molecule has 3 aromatic carbocycles. The second-order valence-corrected chi connectivity index (χ2v) is 7.62. The Morgan fingerprint density at radius 3 is 2.42 bits per heavy atom. The van der Waals surface area contributed by atoms with Gasteiger partial charge in [-0.2, -0.15) is 0 Å². The molecule has 0 fully saturated rings. The summed E-state index contributed by atoms with van der Waals surface area (Å²) in [6.07, 6.45) is 2.03. The summed E-state index contributed by atoms with van der Waals surface area (Å²) in [6.45, 7) is 7.11. The van der Waals surface area contributed by atoms with Crippen LogP contribution < -0.4 is 4.74 Å². The number of nitrogens with zero attached hydrogens (tertiary/aromatic N) is 1. The fraction of sp³-hybridized carbons (Fsp3) is 0.222. The van der Waals surface area contributed by atoms with Gasteiger partial charge in [0.15, 0.2) is 0 Å². The van der Waals surface area contributed by atoms with Crippen LogP contribution in [-0.2, 0) is 0 Å². The minimum atomic E-state index is -0.219. The number of aryl methyl sites for hydroxylation is 1. The maximum absolute atomic E-state index is 13.8. The summed E-state index contributed by atoms with van der Waals surface area (Å²) in [5.74, 6) is 0.581. The molecule has 1 heterocycles. The predicted molar refractivity (Wildman–Crippen MR) is 126 cm³/mol. The molecule has 0 saturated heterocycles. The number of nitrogens with one attached hydrogen (secondary N) is 1. The van der Waals surface area contributed by atoms with Gasteiger partial charge in [0.1, 0.15) is 5.75 Å². The van der Waals surface area contributed by atoms with Crippen molar-refractivity contribution in [2.75, 3.05) is 13.2 Å². The molecule has 1 amide bonds. The van der Waals surface area contributed by atoms with Gasteiger partial charge in [0.2, 0.25) is 0 Å². The standard InChI is InChI=1S/C27H28N2O2/c1-4-29(27(30)22-11-7-9-13-25(22)31-5-2)26(20-16-14-19(3)15-17-20)23-18-28-24-12-8-6-10-21(23)24/h6-18,26,28H,4-5H2,1-3H3/t26-/m0/s1. The van der Waals surface area contributed by atoms with Crippen molar-refractivity contribution in [3.63, 3.8) is 0 Å². The van der Waals surface area contributed by atoms with Crippen LogP contribution in [0.15, 0.2) is 79.0 Å². The SMILES string of the molecule is CCOc1ccccc1C(=O)N(CC)[C@@H](c1ccc(C)cc1)c1c[nH]c2ccccc12. The molecular formula is C27H28N2O2. The van der Waals surface area contributed by atoms with E-state index >= 15 is 0 Å². The number of fused-ring (bicyclic) bond motifs is 1. The van der Waals surface area contributed by atoms with Crippen molar-refractivity contribution in [3.8, 4) is 5.75 Å². The Hall–Kier alpha value is -3.53. The number of para-hydroxylation sites is 2. The van der Waals surface area contributed by atoms with Crippen molar-refractivity contribution in [3.05, 3.63) is 101 Å². The quantitative estimate of drug-likeness (QED) is 0.397. The Morgan fingerprint density at radius 1 is 0.968 bits per heavy atom. The van der Waals surface area contributed by atoms with Crippen LogP contribution in [0.2, 0.25) is 0 Å². The van der Waals surface area contributed by atoms with E-state index in [1.807, 2.05) is 61.3 Å². The van der Waals surface area contributed by atoms with Crippen LogP contribution in [0.25, 0.3) is 10.9 Å². The minimum Gasteiger partial charge on any atom is -0.493 e. The summed E-state index contributed by atoms with van der Waals surface area (Å²) in [7, 11) is 0. The first-order valence-electron chi connectivity index (χ1n) is 10.8. The second kappa shape index (κ2) is 9.09. The summed E-state index contributed by atoms with van der Waals surface area (Å²) >= 11 is 0. The van der Waals surface area contributed by atoms with Crippen LogP contribution >= 0.6 is 0 Å². The summed E-state index contributed by atoms with van der Waals surface area (Å²) in [5, 5.41) is 1.12. The molecule has 4 rings (SSSR count). The van der Waals surface area contributed by atoms with E-state index in [9.17, 15) is 4.79 Å². The number of hydrogen-bond acceptors (Lipinski definition) is 2. The monoisotopic (exact) mass is 412 g/mol. The molecule has 0 unspecified atom stereocenters. The number of hydrogen-bond donors (Lipinski definition) is 1. The maximum Gasteiger partial charge on any atom is 0.258 e. The summed E-state index contributed by atoms with van der Waals surface area (Å²) < 4.78 is 5.76. The van der Waals surface area contributed by atoms with Crippen LogP contribution in [0, 0.1) is 6.92 Å². The van der Waals surface area contributed by atoms with Crippen LogP contribution in [0.5, 0.6) is 5.75 Å².